The molecule has 1 fully saturated rings. The van der Waals surface area contributed by atoms with Gasteiger partial charge in [0.25, 0.3) is 14.2 Å². The molecule has 0 N–H and O–H groups in total. The molecule has 0 spiro atoms. The zero-order valence-electron chi connectivity index (χ0n) is 21.6. The quantitative estimate of drug-likeness (QED) is 0.207. The van der Waals surface area contributed by atoms with E-state index in [4.69, 9.17) is 16.6 Å². The van der Waals surface area contributed by atoms with Crippen LogP contribution in [0.15, 0.2) is 51.1 Å². The number of rotatable bonds is 6. The molecule has 1 amide bonds. The molecule has 0 atom stereocenters. The van der Waals surface area contributed by atoms with Crippen LogP contribution in [0.3, 0.4) is 0 Å². The van der Waals surface area contributed by atoms with E-state index in [1.54, 1.807) is 16.7 Å². The summed E-state index contributed by atoms with van der Waals surface area (Å²) >= 11 is 8.61. The van der Waals surface area contributed by atoms with Gasteiger partial charge in [0.2, 0.25) is 0 Å². The molecule has 0 aromatic heterocycles. The smallest absolute Gasteiger partial charge is 0.266 e. The lowest BCUT2D eigenvalue weighted by atomic mass is 10.1. The maximum atomic E-state index is 13.0. The van der Waals surface area contributed by atoms with Gasteiger partial charge in [-0.1, -0.05) is 75.6 Å². The molecule has 0 saturated carbocycles. The standard InChI is InChI=1S/C27H34N2O2S3Si/c1-8-14-29-19-12-10-11-13-22(19)33-23-15-18(16-24-25(30)28(9-2)26(32)34-24)21(17-20(23)29)31-35(6,7)27(3,4)5/h10-13,15-17H,8-9,14H2,1-7H3. The third kappa shape index (κ3) is 5.08. The SMILES string of the molecule is CCCN1c2ccccc2Sc2cc(C=C3SC(=S)N(CC)C3=O)c(O[Si](C)(C)C(C)(C)C)cc21. The first-order valence-corrected chi connectivity index (χ1v) is 17.1. The summed E-state index contributed by atoms with van der Waals surface area (Å²) < 4.78 is 7.51. The first kappa shape index (κ1) is 26.3. The average molecular weight is 543 g/mol. The molecule has 0 aliphatic carbocycles. The van der Waals surface area contributed by atoms with E-state index in [0.717, 1.165) is 24.3 Å². The van der Waals surface area contributed by atoms with Gasteiger partial charge in [0.15, 0.2) is 0 Å². The minimum Gasteiger partial charge on any atom is -0.543 e. The number of hydrogen-bond acceptors (Lipinski definition) is 6. The van der Waals surface area contributed by atoms with Crippen molar-refractivity contribution in [1.29, 1.82) is 0 Å². The molecular weight excluding hydrogens is 509 g/mol. The highest BCUT2D eigenvalue weighted by molar-refractivity contribution is 8.26. The molecule has 2 aliphatic heterocycles. The van der Waals surface area contributed by atoms with E-state index in [1.807, 2.05) is 13.0 Å². The number of amides is 1. The van der Waals surface area contributed by atoms with Crippen molar-refractivity contribution in [3.05, 3.63) is 46.9 Å². The van der Waals surface area contributed by atoms with Gasteiger partial charge in [-0.2, -0.15) is 0 Å². The van der Waals surface area contributed by atoms with Gasteiger partial charge < -0.3 is 9.33 Å². The molecule has 1 saturated heterocycles. The predicted octanol–water partition coefficient (Wildman–Crippen LogP) is 8.30. The Hall–Kier alpha value is -1.74. The molecule has 2 aliphatic rings. The Labute approximate surface area is 224 Å². The molecular formula is C27H34N2O2S3Si. The molecule has 0 bridgehead atoms. The molecule has 4 nitrogen and oxygen atoms in total. The van der Waals surface area contributed by atoms with Crippen molar-refractivity contribution >= 4 is 71.7 Å². The highest BCUT2D eigenvalue weighted by Crippen LogP contribution is 2.51. The number of hydrogen-bond donors (Lipinski definition) is 0. The summed E-state index contributed by atoms with van der Waals surface area (Å²) in [5.41, 5.74) is 3.35. The number of nitrogens with zero attached hydrogens (tertiary/aromatic N) is 2. The lowest BCUT2D eigenvalue weighted by molar-refractivity contribution is -0.121. The topological polar surface area (TPSA) is 32.8 Å². The summed E-state index contributed by atoms with van der Waals surface area (Å²) in [6.07, 6.45) is 3.01. The van der Waals surface area contributed by atoms with E-state index in [2.05, 4.69) is 82.1 Å². The molecule has 8 heteroatoms. The molecule has 0 unspecified atom stereocenters. The second kappa shape index (κ2) is 9.96. The highest BCUT2D eigenvalue weighted by Gasteiger charge is 2.40. The lowest BCUT2D eigenvalue weighted by Crippen LogP contribution is -2.44. The maximum Gasteiger partial charge on any atom is 0.266 e. The van der Waals surface area contributed by atoms with Gasteiger partial charge >= 0.3 is 0 Å². The van der Waals surface area contributed by atoms with Crippen LogP contribution < -0.4 is 9.33 Å². The van der Waals surface area contributed by atoms with Crippen molar-refractivity contribution in [1.82, 2.24) is 4.90 Å². The summed E-state index contributed by atoms with van der Waals surface area (Å²) in [7, 11) is -2.12. The summed E-state index contributed by atoms with van der Waals surface area (Å²) in [4.78, 5) is 20.1. The van der Waals surface area contributed by atoms with Gasteiger partial charge in [-0.15, -0.1) is 0 Å². The maximum absolute atomic E-state index is 13.0. The second-order valence-electron chi connectivity index (χ2n) is 10.4. The predicted molar refractivity (Wildman–Crippen MR) is 158 cm³/mol. The highest BCUT2D eigenvalue weighted by atomic mass is 32.2. The van der Waals surface area contributed by atoms with Crippen LogP contribution in [0.25, 0.3) is 6.08 Å². The molecule has 186 valence electrons. The van der Waals surface area contributed by atoms with Crippen molar-refractivity contribution in [2.75, 3.05) is 18.0 Å². The van der Waals surface area contributed by atoms with E-state index in [1.165, 1.54) is 32.9 Å². The van der Waals surface area contributed by atoms with Crippen LogP contribution >= 0.6 is 35.7 Å². The molecule has 4 rings (SSSR count). The van der Waals surface area contributed by atoms with Crippen molar-refractivity contribution in [3.63, 3.8) is 0 Å². The number of thioether (sulfide) groups is 1. The van der Waals surface area contributed by atoms with Crippen LogP contribution in [0.2, 0.25) is 18.1 Å². The first-order chi connectivity index (χ1) is 16.5. The Morgan fingerprint density at radius 1 is 1.03 bits per heavy atom. The van der Waals surface area contributed by atoms with E-state index in [-0.39, 0.29) is 10.9 Å². The third-order valence-electron chi connectivity index (χ3n) is 6.85. The van der Waals surface area contributed by atoms with Crippen LogP contribution in [-0.2, 0) is 4.79 Å². The van der Waals surface area contributed by atoms with E-state index in [9.17, 15) is 4.79 Å². The van der Waals surface area contributed by atoms with Gasteiger partial charge in [0.1, 0.15) is 10.1 Å². The zero-order valence-corrected chi connectivity index (χ0v) is 25.0. The Balaban J connectivity index is 1.87. The van der Waals surface area contributed by atoms with Crippen molar-refractivity contribution in [2.45, 2.75) is 69.0 Å². The number of fused-ring (bicyclic) bond motifs is 2. The summed E-state index contributed by atoms with van der Waals surface area (Å²) in [5, 5.41) is 0.0519. The largest absolute Gasteiger partial charge is 0.543 e. The second-order valence-corrected chi connectivity index (χ2v) is 17.9. The fourth-order valence-corrected chi connectivity index (χ4v) is 7.41. The summed E-state index contributed by atoms with van der Waals surface area (Å²) in [6, 6.07) is 13.0. The van der Waals surface area contributed by atoms with Crippen LogP contribution in [0.1, 0.15) is 46.6 Å². The minimum absolute atomic E-state index is 0.0240. The van der Waals surface area contributed by atoms with E-state index >= 15 is 0 Å². The summed E-state index contributed by atoms with van der Waals surface area (Å²) in [6.45, 7) is 17.0. The average Bonchev–Trinajstić information content (AvgIpc) is 3.05. The number of anilines is 2. The normalized spacial score (nSPS) is 17.2. The fourth-order valence-electron chi connectivity index (χ4n) is 3.88. The molecule has 2 aromatic rings. The van der Waals surface area contributed by atoms with Crippen LogP contribution in [-0.4, -0.2) is 36.5 Å². The fraction of sp³-hybridized carbons (Fsp3) is 0.407. The van der Waals surface area contributed by atoms with Gasteiger partial charge in [-0.25, -0.2) is 0 Å². The van der Waals surface area contributed by atoms with Gasteiger partial charge in [-0.3, -0.25) is 9.69 Å². The number of benzene rings is 2. The Morgan fingerprint density at radius 2 is 1.74 bits per heavy atom. The van der Waals surface area contributed by atoms with E-state index in [0.29, 0.717) is 15.8 Å². The van der Waals surface area contributed by atoms with Crippen LogP contribution in [0.4, 0.5) is 11.4 Å². The molecule has 2 aromatic carbocycles. The number of para-hydroxylation sites is 1. The Bertz CT molecular complexity index is 1200. The number of thiocarbonyl (C=S) groups is 1. The number of carbonyl (C=O) groups excluding carboxylic acids is 1. The monoisotopic (exact) mass is 542 g/mol. The Morgan fingerprint density at radius 3 is 2.37 bits per heavy atom. The van der Waals surface area contributed by atoms with Crippen LogP contribution in [0, 0.1) is 0 Å². The summed E-state index contributed by atoms with van der Waals surface area (Å²) in [5.74, 6) is 0.822. The van der Waals surface area contributed by atoms with Gasteiger partial charge in [0.05, 0.1) is 16.3 Å². The first-order valence-electron chi connectivity index (χ1n) is 12.1. The van der Waals surface area contributed by atoms with E-state index < -0.39 is 8.32 Å². The lowest BCUT2D eigenvalue weighted by Gasteiger charge is -2.38. The molecule has 2 heterocycles. The Kier molecular flexibility index (Phi) is 7.49. The minimum atomic E-state index is -2.12. The number of carbonyl (C=O) groups is 1. The number of likely N-dealkylation sites (N-methyl/N-ethyl adjacent to an activating group) is 1. The van der Waals surface area contributed by atoms with Crippen molar-refractivity contribution in [2.24, 2.45) is 0 Å². The van der Waals surface area contributed by atoms with Gasteiger partial charge in [-0.05, 0) is 55.8 Å². The van der Waals surface area contributed by atoms with Crippen molar-refractivity contribution < 1.29 is 9.22 Å². The zero-order chi connectivity index (χ0) is 25.5. The van der Waals surface area contributed by atoms with Crippen LogP contribution in [0.5, 0.6) is 5.75 Å². The molecule has 0 radical (unpaired) electrons. The molecule has 35 heavy (non-hydrogen) atoms. The van der Waals surface area contributed by atoms with Crippen molar-refractivity contribution in [3.8, 4) is 5.75 Å². The third-order valence-corrected chi connectivity index (χ3v) is 13.7. The van der Waals surface area contributed by atoms with Gasteiger partial charge in [0, 0.05) is 34.5 Å².